The van der Waals surface area contributed by atoms with Gasteiger partial charge in [-0.2, -0.15) is 4.98 Å². The molecule has 8 nitrogen and oxygen atoms in total. The highest BCUT2D eigenvalue weighted by Gasteiger charge is 2.31. The summed E-state index contributed by atoms with van der Waals surface area (Å²) in [5.74, 6) is 1.30. The number of carbonyl (C=O) groups excluding carboxylic acids is 1. The van der Waals surface area contributed by atoms with Gasteiger partial charge in [0, 0.05) is 12.1 Å². The summed E-state index contributed by atoms with van der Waals surface area (Å²) in [4.78, 5) is 16.4. The molecule has 0 fully saturated rings. The van der Waals surface area contributed by atoms with Crippen LogP contribution in [0.1, 0.15) is 29.6 Å². The van der Waals surface area contributed by atoms with E-state index in [2.05, 4.69) is 20.7 Å². The molecule has 1 amide bonds. The molecule has 3 aromatic rings. The van der Waals surface area contributed by atoms with Gasteiger partial charge in [-0.15, -0.1) is 5.10 Å². The fraction of sp³-hybridized carbons (Fsp3) is 0.286. The van der Waals surface area contributed by atoms with Crippen molar-refractivity contribution in [3.8, 4) is 5.75 Å². The van der Waals surface area contributed by atoms with Crippen LogP contribution in [0.3, 0.4) is 0 Å². The number of rotatable bonds is 6. The third kappa shape index (κ3) is 4.24. The van der Waals surface area contributed by atoms with Gasteiger partial charge in [0.15, 0.2) is 0 Å². The molecule has 156 valence electrons. The molecule has 1 aliphatic heterocycles. The fourth-order valence-electron chi connectivity index (χ4n) is 3.54. The van der Waals surface area contributed by atoms with Gasteiger partial charge in [-0.1, -0.05) is 35.9 Å². The lowest BCUT2D eigenvalue weighted by molar-refractivity contribution is -0.119. The average molecular weight is 428 g/mol. The van der Waals surface area contributed by atoms with E-state index in [0.29, 0.717) is 11.0 Å². The fourth-order valence-corrected chi connectivity index (χ4v) is 3.67. The van der Waals surface area contributed by atoms with E-state index in [-0.39, 0.29) is 30.5 Å². The summed E-state index contributed by atoms with van der Waals surface area (Å²) in [5.41, 5.74) is 2.16. The van der Waals surface area contributed by atoms with E-state index in [0.717, 1.165) is 23.3 Å². The van der Waals surface area contributed by atoms with Gasteiger partial charge in [0.2, 0.25) is 5.95 Å². The molecule has 4 rings (SSSR count). The average Bonchev–Trinajstić information content (AvgIpc) is 3.16. The van der Waals surface area contributed by atoms with E-state index in [1.165, 1.54) is 7.11 Å². The van der Waals surface area contributed by atoms with Crippen LogP contribution in [-0.2, 0) is 9.53 Å². The van der Waals surface area contributed by atoms with Crippen molar-refractivity contribution in [2.24, 2.45) is 0 Å². The zero-order valence-electron chi connectivity index (χ0n) is 16.6. The van der Waals surface area contributed by atoms with Gasteiger partial charge in [-0.25, -0.2) is 4.68 Å². The van der Waals surface area contributed by atoms with Crippen molar-refractivity contribution in [2.75, 3.05) is 31.5 Å². The lowest BCUT2D eigenvalue weighted by Gasteiger charge is -2.31. The van der Waals surface area contributed by atoms with Crippen LogP contribution in [0.5, 0.6) is 5.75 Å². The van der Waals surface area contributed by atoms with Gasteiger partial charge in [0.25, 0.3) is 11.9 Å². The summed E-state index contributed by atoms with van der Waals surface area (Å²) in [6, 6.07) is 15.6. The SMILES string of the molecule is COCC(=O)Nc1nc2n(n1)[C@H](c1ccc(Cl)cc1)C[C@@H](c1ccc(OC)cc1)N2. The Labute approximate surface area is 179 Å². The first-order chi connectivity index (χ1) is 14.6. The van der Waals surface area contributed by atoms with Gasteiger partial charge in [0.1, 0.15) is 12.4 Å². The number of halogens is 1. The monoisotopic (exact) mass is 427 g/mol. The number of nitrogens with one attached hydrogen (secondary N) is 2. The van der Waals surface area contributed by atoms with Crippen molar-refractivity contribution in [1.29, 1.82) is 0 Å². The van der Waals surface area contributed by atoms with Gasteiger partial charge < -0.3 is 14.8 Å². The smallest absolute Gasteiger partial charge is 0.252 e. The van der Waals surface area contributed by atoms with Crippen molar-refractivity contribution in [1.82, 2.24) is 14.8 Å². The van der Waals surface area contributed by atoms with Gasteiger partial charge in [-0.3, -0.25) is 10.1 Å². The standard InChI is InChI=1S/C21H22ClN5O3/c1-29-12-19(28)24-20-25-21-23-17(13-5-9-16(30-2)10-6-13)11-18(27(21)26-20)14-3-7-15(22)8-4-14/h3-10,17-18H,11-12H2,1-2H3,(H2,23,24,25,26,28)/t17-,18-/m0/s1. The summed E-state index contributed by atoms with van der Waals surface area (Å²) in [5, 5.41) is 11.3. The molecular weight excluding hydrogens is 406 g/mol. The minimum atomic E-state index is -0.310. The molecule has 9 heteroatoms. The number of anilines is 2. The van der Waals surface area contributed by atoms with E-state index in [1.807, 2.05) is 48.5 Å². The number of fused-ring (bicyclic) bond motifs is 1. The van der Waals surface area contributed by atoms with Crippen LogP contribution in [0, 0.1) is 0 Å². The second kappa shape index (κ2) is 8.73. The van der Waals surface area contributed by atoms with E-state index >= 15 is 0 Å². The normalized spacial score (nSPS) is 17.7. The van der Waals surface area contributed by atoms with Crippen LogP contribution >= 0.6 is 11.6 Å². The molecule has 2 atom stereocenters. The number of hydrogen-bond donors (Lipinski definition) is 2. The summed E-state index contributed by atoms with van der Waals surface area (Å²) in [6.07, 6.45) is 0.746. The highest BCUT2D eigenvalue weighted by atomic mass is 35.5. The van der Waals surface area contributed by atoms with Crippen LogP contribution in [-0.4, -0.2) is 41.5 Å². The largest absolute Gasteiger partial charge is 0.497 e. The van der Waals surface area contributed by atoms with Crippen molar-refractivity contribution in [3.63, 3.8) is 0 Å². The molecule has 0 radical (unpaired) electrons. The third-order valence-electron chi connectivity index (χ3n) is 4.99. The Morgan fingerprint density at radius 3 is 2.53 bits per heavy atom. The van der Waals surface area contributed by atoms with Crippen molar-refractivity contribution in [2.45, 2.75) is 18.5 Å². The Morgan fingerprint density at radius 1 is 1.17 bits per heavy atom. The van der Waals surface area contributed by atoms with Crippen LogP contribution in [0.15, 0.2) is 48.5 Å². The van der Waals surface area contributed by atoms with Gasteiger partial charge in [0.05, 0.1) is 19.2 Å². The predicted molar refractivity (Wildman–Crippen MR) is 114 cm³/mol. The van der Waals surface area contributed by atoms with E-state index < -0.39 is 0 Å². The number of ether oxygens (including phenoxy) is 2. The second-order valence-corrected chi connectivity index (χ2v) is 7.39. The molecule has 0 saturated heterocycles. The maximum Gasteiger partial charge on any atom is 0.252 e. The van der Waals surface area contributed by atoms with Gasteiger partial charge >= 0.3 is 0 Å². The molecule has 0 bridgehead atoms. The Bertz CT molecular complexity index is 1020. The van der Waals surface area contributed by atoms with E-state index in [1.54, 1.807) is 11.8 Å². The van der Waals surface area contributed by atoms with E-state index in [4.69, 9.17) is 21.1 Å². The quantitative estimate of drug-likeness (QED) is 0.623. The molecule has 0 spiro atoms. The molecule has 0 aliphatic carbocycles. The Kier molecular flexibility index (Phi) is 5.87. The maximum atomic E-state index is 11.9. The first-order valence-corrected chi connectivity index (χ1v) is 9.86. The topological polar surface area (TPSA) is 90.3 Å². The molecule has 0 unspecified atom stereocenters. The highest BCUT2D eigenvalue weighted by molar-refractivity contribution is 6.30. The minimum absolute atomic E-state index is 0.0100. The second-order valence-electron chi connectivity index (χ2n) is 6.96. The van der Waals surface area contributed by atoms with Crippen molar-refractivity contribution < 1.29 is 14.3 Å². The van der Waals surface area contributed by atoms with Crippen LogP contribution < -0.4 is 15.4 Å². The van der Waals surface area contributed by atoms with Crippen LogP contribution in [0.25, 0.3) is 0 Å². The van der Waals surface area contributed by atoms with Crippen molar-refractivity contribution in [3.05, 3.63) is 64.7 Å². The maximum absolute atomic E-state index is 11.9. The highest BCUT2D eigenvalue weighted by Crippen LogP contribution is 2.38. The molecule has 2 heterocycles. The van der Waals surface area contributed by atoms with Crippen LogP contribution in [0.4, 0.5) is 11.9 Å². The van der Waals surface area contributed by atoms with Crippen molar-refractivity contribution >= 4 is 29.4 Å². The number of amides is 1. The first kappa shape index (κ1) is 20.2. The molecular formula is C21H22ClN5O3. The molecule has 30 heavy (non-hydrogen) atoms. The number of hydrogen-bond acceptors (Lipinski definition) is 6. The summed E-state index contributed by atoms with van der Waals surface area (Å²) in [6.45, 7) is -0.0631. The molecule has 1 aromatic heterocycles. The number of nitrogens with zero attached hydrogens (tertiary/aromatic N) is 3. The number of carbonyl (C=O) groups is 1. The Morgan fingerprint density at radius 2 is 1.87 bits per heavy atom. The molecule has 0 saturated carbocycles. The lowest BCUT2D eigenvalue weighted by Crippen LogP contribution is -2.28. The van der Waals surface area contributed by atoms with Gasteiger partial charge in [-0.05, 0) is 41.8 Å². The number of benzene rings is 2. The third-order valence-corrected chi connectivity index (χ3v) is 5.24. The zero-order valence-corrected chi connectivity index (χ0v) is 17.4. The lowest BCUT2D eigenvalue weighted by atomic mass is 9.93. The van der Waals surface area contributed by atoms with E-state index in [9.17, 15) is 4.79 Å². The first-order valence-electron chi connectivity index (χ1n) is 9.48. The molecule has 1 aliphatic rings. The Hall–Kier alpha value is -3.10. The van der Waals surface area contributed by atoms with Crippen LogP contribution in [0.2, 0.25) is 5.02 Å². The summed E-state index contributed by atoms with van der Waals surface area (Å²) >= 11 is 6.08. The number of aromatic nitrogens is 3. The Balaban J connectivity index is 1.68. The number of methoxy groups -OCH3 is 2. The summed E-state index contributed by atoms with van der Waals surface area (Å²) in [7, 11) is 3.11. The molecule has 2 N–H and O–H groups in total. The minimum Gasteiger partial charge on any atom is -0.497 e. The predicted octanol–water partition coefficient (Wildman–Crippen LogP) is 3.67. The molecule has 2 aromatic carbocycles. The zero-order chi connectivity index (χ0) is 21.1. The summed E-state index contributed by atoms with van der Waals surface area (Å²) < 4.78 is 11.9.